The first kappa shape index (κ1) is 10.7. The molecule has 78 valence electrons. The second kappa shape index (κ2) is 4.75. The van der Waals surface area contributed by atoms with Crippen molar-refractivity contribution in [2.45, 2.75) is 0 Å². The molecule has 0 atom stereocenters. The fourth-order valence-corrected chi connectivity index (χ4v) is 0.970. The molecule has 0 aliphatic heterocycles. The van der Waals surface area contributed by atoms with Gasteiger partial charge in [-0.3, -0.25) is 0 Å². The molecule has 0 heterocycles. The van der Waals surface area contributed by atoms with Gasteiger partial charge in [0.1, 0.15) is 0 Å². The van der Waals surface area contributed by atoms with E-state index in [1.807, 2.05) is 5.43 Å². The van der Waals surface area contributed by atoms with Crippen molar-refractivity contribution in [3.05, 3.63) is 35.4 Å². The molecule has 0 unspecified atom stereocenters. The van der Waals surface area contributed by atoms with Gasteiger partial charge in [-0.25, -0.2) is 15.0 Å². The fraction of sp³-hybridized carbons (Fsp3) is 0. The number of carbonyl (C=O) groups is 2. The first-order chi connectivity index (χ1) is 7.11. The van der Waals surface area contributed by atoms with Crippen LogP contribution in [0.25, 0.3) is 0 Å². The number of aromatic carboxylic acids is 1. The van der Waals surface area contributed by atoms with Gasteiger partial charge in [-0.05, 0) is 6.07 Å². The Balaban J connectivity index is 2.89. The summed E-state index contributed by atoms with van der Waals surface area (Å²) in [5, 5.41) is 12.3. The Morgan fingerprint density at radius 3 is 2.67 bits per heavy atom. The number of nitrogens with one attached hydrogen (secondary N) is 1. The van der Waals surface area contributed by atoms with Crippen LogP contribution in [0.2, 0.25) is 0 Å². The van der Waals surface area contributed by atoms with Gasteiger partial charge in [0.2, 0.25) is 0 Å². The van der Waals surface area contributed by atoms with Crippen LogP contribution in [0.3, 0.4) is 0 Å². The van der Waals surface area contributed by atoms with Crippen molar-refractivity contribution in [3.8, 4) is 0 Å². The monoisotopic (exact) mass is 207 g/mol. The molecular formula is C9H9N3O3. The van der Waals surface area contributed by atoms with Gasteiger partial charge >= 0.3 is 12.0 Å². The summed E-state index contributed by atoms with van der Waals surface area (Å²) in [5.74, 6) is -1.06. The van der Waals surface area contributed by atoms with Crippen molar-refractivity contribution in [1.29, 1.82) is 0 Å². The Bertz CT molecular complexity index is 415. The second-order valence-electron chi connectivity index (χ2n) is 2.63. The highest BCUT2D eigenvalue weighted by Gasteiger charge is 2.06. The summed E-state index contributed by atoms with van der Waals surface area (Å²) in [7, 11) is 0. The minimum Gasteiger partial charge on any atom is -0.478 e. The number of nitrogens with zero attached hydrogens (tertiary/aromatic N) is 1. The molecular weight excluding hydrogens is 198 g/mol. The number of carboxylic acid groups (broad SMARTS) is 1. The predicted octanol–water partition coefficient (Wildman–Crippen LogP) is 0.387. The number of urea groups is 1. The van der Waals surface area contributed by atoms with E-state index < -0.39 is 12.0 Å². The molecule has 0 bridgehead atoms. The van der Waals surface area contributed by atoms with E-state index in [0.29, 0.717) is 5.56 Å². The van der Waals surface area contributed by atoms with Gasteiger partial charge in [-0.2, -0.15) is 5.10 Å². The van der Waals surface area contributed by atoms with Crippen LogP contribution in [0.5, 0.6) is 0 Å². The number of nitrogens with two attached hydrogens (primary N) is 1. The van der Waals surface area contributed by atoms with Gasteiger partial charge in [-0.1, -0.05) is 18.2 Å². The van der Waals surface area contributed by atoms with E-state index in [4.69, 9.17) is 10.8 Å². The van der Waals surface area contributed by atoms with Crippen LogP contribution in [0, 0.1) is 0 Å². The maximum absolute atomic E-state index is 10.7. The number of rotatable bonds is 3. The highest BCUT2D eigenvalue weighted by molar-refractivity contribution is 5.98. The van der Waals surface area contributed by atoms with Crippen LogP contribution in [-0.4, -0.2) is 23.3 Å². The fourth-order valence-electron chi connectivity index (χ4n) is 0.970. The van der Waals surface area contributed by atoms with Crippen molar-refractivity contribution in [2.24, 2.45) is 10.8 Å². The van der Waals surface area contributed by atoms with Gasteiger partial charge in [0, 0.05) is 5.56 Å². The lowest BCUT2D eigenvalue weighted by Gasteiger charge is -1.98. The van der Waals surface area contributed by atoms with E-state index in [1.165, 1.54) is 12.3 Å². The number of hydrogen-bond acceptors (Lipinski definition) is 3. The van der Waals surface area contributed by atoms with E-state index in [-0.39, 0.29) is 5.56 Å². The van der Waals surface area contributed by atoms with Crippen molar-refractivity contribution in [2.75, 3.05) is 0 Å². The topological polar surface area (TPSA) is 105 Å². The van der Waals surface area contributed by atoms with Crippen LogP contribution in [0.15, 0.2) is 29.4 Å². The van der Waals surface area contributed by atoms with E-state index >= 15 is 0 Å². The number of hydrogen-bond donors (Lipinski definition) is 3. The number of primary amides is 1. The Kier molecular flexibility index (Phi) is 3.39. The van der Waals surface area contributed by atoms with Crippen LogP contribution in [0.1, 0.15) is 15.9 Å². The molecule has 6 heteroatoms. The summed E-state index contributed by atoms with van der Waals surface area (Å²) in [5.41, 5.74) is 7.24. The molecule has 0 radical (unpaired) electrons. The van der Waals surface area contributed by atoms with Crippen LogP contribution < -0.4 is 11.2 Å². The maximum Gasteiger partial charge on any atom is 0.336 e. The van der Waals surface area contributed by atoms with Crippen LogP contribution in [0.4, 0.5) is 4.79 Å². The average molecular weight is 207 g/mol. The molecule has 1 aromatic rings. The third-order valence-electron chi connectivity index (χ3n) is 1.57. The Labute approximate surface area is 85.4 Å². The normalized spacial score (nSPS) is 10.1. The highest BCUT2D eigenvalue weighted by atomic mass is 16.4. The summed E-state index contributed by atoms with van der Waals surface area (Å²) in [6.45, 7) is 0. The van der Waals surface area contributed by atoms with Gasteiger partial charge < -0.3 is 10.8 Å². The van der Waals surface area contributed by atoms with E-state index in [2.05, 4.69) is 5.10 Å². The van der Waals surface area contributed by atoms with Crippen LogP contribution in [-0.2, 0) is 0 Å². The number of amides is 2. The van der Waals surface area contributed by atoms with Gasteiger partial charge in [0.15, 0.2) is 0 Å². The third kappa shape index (κ3) is 3.11. The molecule has 4 N–H and O–H groups in total. The lowest BCUT2D eigenvalue weighted by Crippen LogP contribution is -2.24. The number of hydrazone groups is 1. The summed E-state index contributed by atoms with van der Waals surface area (Å²) < 4.78 is 0. The van der Waals surface area contributed by atoms with Crippen molar-refractivity contribution in [1.82, 2.24) is 5.43 Å². The zero-order valence-corrected chi connectivity index (χ0v) is 7.68. The number of carboxylic acids is 1. The molecule has 0 saturated carbocycles. The first-order valence-corrected chi connectivity index (χ1v) is 4.02. The summed E-state index contributed by atoms with van der Waals surface area (Å²) in [6, 6.07) is 5.46. The average Bonchev–Trinajstić information content (AvgIpc) is 2.17. The zero-order chi connectivity index (χ0) is 11.3. The summed E-state index contributed by atoms with van der Waals surface area (Å²) >= 11 is 0. The predicted molar refractivity (Wildman–Crippen MR) is 53.7 cm³/mol. The first-order valence-electron chi connectivity index (χ1n) is 4.02. The van der Waals surface area contributed by atoms with Crippen molar-refractivity contribution < 1.29 is 14.7 Å². The maximum atomic E-state index is 10.7. The molecule has 1 rings (SSSR count). The second-order valence-corrected chi connectivity index (χ2v) is 2.63. The summed E-state index contributed by atoms with van der Waals surface area (Å²) in [6.07, 6.45) is 1.22. The molecule has 0 aliphatic rings. The largest absolute Gasteiger partial charge is 0.478 e. The lowest BCUT2D eigenvalue weighted by atomic mass is 10.1. The SMILES string of the molecule is NC(=O)N/N=C/c1ccccc1C(=O)O. The smallest absolute Gasteiger partial charge is 0.336 e. The Hall–Kier alpha value is -2.37. The molecule has 0 aliphatic carbocycles. The van der Waals surface area contributed by atoms with E-state index in [0.717, 1.165) is 0 Å². The highest BCUT2D eigenvalue weighted by Crippen LogP contribution is 2.05. The Morgan fingerprint density at radius 1 is 1.40 bits per heavy atom. The third-order valence-corrected chi connectivity index (χ3v) is 1.57. The quantitative estimate of drug-likeness (QED) is 0.493. The molecule has 0 fully saturated rings. The minimum absolute atomic E-state index is 0.104. The molecule has 6 nitrogen and oxygen atoms in total. The van der Waals surface area contributed by atoms with Gasteiger partial charge in [-0.15, -0.1) is 0 Å². The van der Waals surface area contributed by atoms with Gasteiger partial charge in [0.05, 0.1) is 11.8 Å². The molecule has 0 saturated heterocycles. The van der Waals surface area contributed by atoms with E-state index in [9.17, 15) is 9.59 Å². The summed E-state index contributed by atoms with van der Waals surface area (Å²) in [4.78, 5) is 21.0. The van der Waals surface area contributed by atoms with Crippen molar-refractivity contribution >= 4 is 18.2 Å². The lowest BCUT2D eigenvalue weighted by molar-refractivity contribution is 0.0696. The molecule has 0 spiro atoms. The van der Waals surface area contributed by atoms with Crippen LogP contribution >= 0.6 is 0 Å². The molecule has 2 amide bonds. The van der Waals surface area contributed by atoms with Crippen molar-refractivity contribution in [3.63, 3.8) is 0 Å². The molecule has 0 aromatic heterocycles. The standard InChI is InChI=1S/C9H9N3O3/c10-9(15)12-11-5-6-3-1-2-4-7(6)8(13)14/h1-5H,(H,13,14)(H3,10,12,15)/b11-5+. The number of carbonyl (C=O) groups excluding carboxylic acids is 1. The zero-order valence-electron chi connectivity index (χ0n) is 7.68. The molecule has 1 aromatic carbocycles. The van der Waals surface area contributed by atoms with E-state index in [1.54, 1.807) is 18.2 Å². The Morgan fingerprint density at radius 2 is 2.07 bits per heavy atom. The van der Waals surface area contributed by atoms with Gasteiger partial charge in [0.25, 0.3) is 0 Å². The number of benzene rings is 1. The molecule has 15 heavy (non-hydrogen) atoms. The minimum atomic E-state index is -1.06.